The van der Waals surface area contributed by atoms with Crippen molar-refractivity contribution in [1.29, 1.82) is 5.26 Å². The Kier molecular flexibility index (Phi) is 4.65. The van der Waals surface area contributed by atoms with Crippen molar-refractivity contribution in [3.05, 3.63) is 71.9 Å². The molecule has 0 saturated heterocycles. The number of hydrogen-bond acceptors (Lipinski definition) is 2. The van der Waals surface area contributed by atoms with Crippen LogP contribution < -0.4 is 5.32 Å². The second kappa shape index (κ2) is 7.21. The Morgan fingerprint density at radius 1 is 1.16 bits per heavy atom. The van der Waals surface area contributed by atoms with Crippen LogP contribution in [0.2, 0.25) is 0 Å². The number of rotatable bonds is 4. The largest absolute Gasteiger partial charge is 0.335 e. The second-order valence-electron chi connectivity index (χ2n) is 5.42. The maximum Gasteiger partial charge on any atom is 0.266 e. The number of aromatic nitrogens is 1. The molecule has 1 amide bonds. The van der Waals surface area contributed by atoms with E-state index in [4.69, 9.17) is 6.42 Å². The highest BCUT2D eigenvalue weighted by molar-refractivity contribution is 6.10. The molecule has 1 aromatic heterocycles. The number of nitrogens with zero attached hydrogens (tertiary/aromatic N) is 2. The van der Waals surface area contributed by atoms with Gasteiger partial charge in [-0.1, -0.05) is 42.3 Å². The van der Waals surface area contributed by atoms with Gasteiger partial charge in [-0.2, -0.15) is 5.26 Å². The van der Waals surface area contributed by atoms with Crippen LogP contribution >= 0.6 is 0 Å². The number of nitriles is 1. The van der Waals surface area contributed by atoms with Crippen molar-refractivity contribution in [2.24, 2.45) is 0 Å². The number of benzene rings is 2. The number of hydrogen-bond donors (Lipinski definition) is 1. The minimum Gasteiger partial charge on any atom is -0.335 e. The predicted octanol–water partition coefficient (Wildman–Crippen LogP) is 3.82. The van der Waals surface area contributed by atoms with Gasteiger partial charge >= 0.3 is 0 Å². The maximum atomic E-state index is 12.4. The van der Waals surface area contributed by atoms with Gasteiger partial charge in [0.1, 0.15) is 11.6 Å². The summed E-state index contributed by atoms with van der Waals surface area (Å²) in [5.41, 5.74) is 2.42. The highest BCUT2D eigenvalue weighted by Crippen LogP contribution is 2.23. The molecule has 0 aliphatic carbocycles. The molecular formula is C21H15N3O. The molecule has 0 unspecified atom stereocenters. The van der Waals surface area contributed by atoms with E-state index in [2.05, 4.69) is 11.2 Å². The first kappa shape index (κ1) is 16.1. The van der Waals surface area contributed by atoms with Gasteiger partial charge in [0.05, 0.1) is 6.54 Å². The molecule has 3 aromatic rings. The van der Waals surface area contributed by atoms with Gasteiger partial charge in [-0.3, -0.25) is 4.79 Å². The molecule has 25 heavy (non-hydrogen) atoms. The standard InChI is InChI=1S/C21H15N3O/c1-2-12-24-15-17(19-10-6-7-11-20(19)24)13-16(14-22)21(25)23-18-8-4-3-5-9-18/h1,3-11,13,15H,12H2,(H,23,25)/b16-13+. The lowest BCUT2D eigenvalue weighted by Gasteiger charge is -2.03. The number of carbonyl (C=O) groups excluding carboxylic acids is 1. The summed E-state index contributed by atoms with van der Waals surface area (Å²) in [6.07, 6.45) is 8.87. The Morgan fingerprint density at radius 3 is 2.60 bits per heavy atom. The SMILES string of the molecule is C#CCn1cc(/C=C(\C#N)C(=O)Nc2ccccc2)c2ccccc21. The Morgan fingerprint density at radius 2 is 1.88 bits per heavy atom. The number of amides is 1. The van der Waals surface area contributed by atoms with Gasteiger partial charge in [0.15, 0.2) is 0 Å². The minimum atomic E-state index is -0.442. The van der Waals surface area contributed by atoms with E-state index in [1.54, 1.807) is 18.2 Å². The Balaban J connectivity index is 1.98. The average molecular weight is 325 g/mol. The van der Waals surface area contributed by atoms with Crippen molar-refractivity contribution < 1.29 is 4.79 Å². The zero-order valence-corrected chi connectivity index (χ0v) is 13.4. The van der Waals surface area contributed by atoms with Crippen molar-refractivity contribution in [2.75, 3.05) is 5.32 Å². The fraction of sp³-hybridized carbons (Fsp3) is 0.0476. The van der Waals surface area contributed by atoms with E-state index in [9.17, 15) is 10.1 Å². The van der Waals surface area contributed by atoms with Crippen LogP contribution in [0.25, 0.3) is 17.0 Å². The average Bonchev–Trinajstić information content (AvgIpc) is 2.98. The number of terminal acetylenes is 1. The second-order valence-corrected chi connectivity index (χ2v) is 5.42. The summed E-state index contributed by atoms with van der Waals surface area (Å²) >= 11 is 0. The van der Waals surface area contributed by atoms with Crippen LogP contribution in [0.1, 0.15) is 5.56 Å². The van der Waals surface area contributed by atoms with E-state index in [-0.39, 0.29) is 5.57 Å². The quantitative estimate of drug-likeness (QED) is 0.450. The maximum absolute atomic E-state index is 12.4. The summed E-state index contributed by atoms with van der Waals surface area (Å²) < 4.78 is 1.92. The van der Waals surface area contributed by atoms with Crippen LogP contribution in [-0.2, 0) is 11.3 Å². The molecule has 0 saturated carbocycles. The fourth-order valence-corrected chi connectivity index (χ4v) is 2.64. The normalized spacial score (nSPS) is 10.9. The monoisotopic (exact) mass is 325 g/mol. The van der Waals surface area contributed by atoms with Gasteiger partial charge in [0.25, 0.3) is 5.91 Å². The third kappa shape index (κ3) is 3.44. The lowest BCUT2D eigenvalue weighted by molar-refractivity contribution is -0.112. The Hall–Kier alpha value is -3.76. The van der Waals surface area contributed by atoms with Crippen LogP contribution in [0.15, 0.2) is 66.4 Å². The van der Waals surface area contributed by atoms with Crippen molar-refractivity contribution in [1.82, 2.24) is 4.57 Å². The first-order chi connectivity index (χ1) is 12.2. The Bertz CT molecular complexity index is 1030. The highest BCUT2D eigenvalue weighted by atomic mass is 16.1. The molecule has 0 bridgehead atoms. The molecule has 120 valence electrons. The van der Waals surface area contributed by atoms with Crippen LogP contribution in [0.3, 0.4) is 0 Å². The van der Waals surface area contributed by atoms with E-state index >= 15 is 0 Å². The summed E-state index contributed by atoms with van der Waals surface area (Å²) in [7, 11) is 0. The predicted molar refractivity (Wildman–Crippen MR) is 99.4 cm³/mol. The molecule has 4 heteroatoms. The van der Waals surface area contributed by atoms with Gasteiger partial charge < -0.3 is 9.88 Å². The van der Waals surface area contributed by atoms with Gasteiger partial charge in [-0.15, -0.1) is 6.42 Å². The lowest BCUT2D eigenvalue weighted by atomic mass is 10.1. The molecule has 0 atom stereocenters. The third-order valence-electron chi connectivity index (χ3n) is 3.78. The van der Waals surface area contributed by atoms with Crippen LogP contribution in [0.4, 0.5) is 5.69 Å². The summed E-state index contributed by atoms with van der Waals surface area (Å²) in [6.45, 7) is 0.423. The van der Waals surface area contributed by atoms with Crippen molar-refractivity contribution in [3.63, 3.8) is 0 Å². The molecule has 4 nitrogen and oxygen atoms in total. The molecule has 1 heterocycles. The van der Waals surface area contributed by atoms with Gasteiger partial charge in [0.2, 0.25) is 0 Å². The Labute approximate surface area is 146 Å². The number of nitrogens with one attached hydrogen (secondary N) is 1. The topological polar surface area (TPSA) is 57.8 Å². The van der Waals surface area contributed by atoms with E-state index in [1.807, 2.05) is 59.3 Å². The minimum absolute atomic E-state index is 0.0347. The van der Waals surface area contributed by atoms with Crippen molar-refractivity contribution in [3.8, 4) is 18.4 Å². The highest BCUT2D eigenvalue weighted by Gasteiger charge is 2.12. The lowest BCUT2D eigenvalue weighted by Crippen LogP contribution is -2.13. The zero-order valence-electron chi connectivity index (χ0n) is 13.4. The molecule has 0 aliphatic heterocycles. The number of fused-ring (bicyclic) bond motifs is 1. The van der Waals surface area contributed by atoms with E-state index in [0.717, 1.165) is 16.5 Å². The summed E-state index contributed by atoms with van der Waals surface area (Å²) in [4.78, 5) is 12.4. The molecule has 3 rings (SSSR count). The van der Waals surface area contributed by atoms with Gasteiger partial charge in [-0.05, 0) is 24.3 Å². The van der Waals surface area contributed by atoms with E-state index in [0.29, 0.717) is 12.2 Å². The molecule has 0 fully saturated rings. The van der Waals surface area contributed by atoms with Crippen LogP contribution in [-0.4, -0.2) is 10.5 Å². The molecule has 1 N–H and O–H groups in total. The van der Waals surface area contributed by atoms with Crippen LogP contribution in [0.5, 0.6) is 0 Å². The van der Waals surface area contributed by atoms with Gasteiger partial charge in [0, 0.05) is 28.4 Å². The number of para-hydroxylation sites is 2. The zero-order chi connectivity index (χ0) is 17.6. The number of carbonyl (C=O) groups is 1. The van der Waals surface area contributed by atoms with Crippen molar-refractivity contribution >= 4 is 28.6 Å². The smallest absolute Gasteiger partial charge is 0.266 e. The first-order valence-corrected chi connectivity index (χ1v) is 7.72. The summed E-state index contributed by atoms with van der Waals surface area (Å²) in [5.74, 6) is 2.17. The molecular weight excluding hydrogens is 310 g/mol. The summed E-state index contributed by atoms with van der Waals surface area (Å²) in [5, 5.41) is 13.1. The molecule has 2 aromatic carbocycles. The summed E-state index contributed by atoms with van der Waals surface area (Å²) in [6, 6.07) is 18.8. The fourth-order valence-electron chi connectivity index (χ4n) is 2.64. The van der Waals surface area contributed by atoms with E-state index in [1.165, 1.54) is 0 Å². The first-order valence-electron chi connectivity index (χ1n) is 7.72. The third-order valence-corrected chi connectivity index (χ3v) is 3.78. The van der Waals surface area contributed by atoms with Crippen LogP contribution in [0, 0.1) is 23.7 Å². The molecule has 0 spiro atoms. The van der Waals surface area contributed by atoms with E-state index < -0.39 is 5.91 Å². The molecule has 0 aliphatic rings. The molecule has 0 radical (unpaired) electrons. The van der Waals surface area contributed by atoms with Crippen molar-refractivity contribution in [2.45, 2.75) is 6.54 Å². The number of anilines is 1. The van der Waals surface area contributed by atoms with Gasteiger partial charge in [-0.25, -0.2) is 0 Å².